The highest BCUT2D eigenvalue weighted by Crippen LogP contribution is 2.36. The first-order chi connectivity index (χ1) is 26.5. The second-order valence-electron chi connectivity index (χ2n) is 13.4. The van der Waals surface area contributed by atoms with Crippen LogP contribution < -0.4 is 16.9 Å². The smallest absolute Gasteiger partial charge is 0.348 e. The molecule has 6 heterocycles. The van der Waals surface area contributed by atoms with Crippen LogP contribution in [0, 0.1) is 20.8 Å². The van der Waals surface area contributed by atoms with Gasteiger partial charge in [0, 0.05) is 36.6 Å². The molecule has 0 bridgehead atoms. The molecule has 2 aliphatic carbocycles. The summed E-state index contributed by atoms with van der Waals surface area (Å²) in [6.45, 7) is 5.61. The van der Waals surface area contributed by atoms with Crippen molar-refractivity contribution in [2.75, 3.05) is 0 Å². The third-order valence-corrected chi connectivity index (χ3v) is 14.2. The number of halogens is 2. The van der Waals surface area contributed by atoms with Crippen LogP contribution in [0.3, 0.4) is 0 Å². The van der Waals surface area contributed by atoms with Crippen LogP contribution in [-0.2, 0) is 25.7 Å². The SMILES string of the molecule is Cc1nc2sc3c(c2c(=O)o1)CCCC3.Cc1sc2nc(-c3ccc(Cl)cc3)oc(=O)c2c1C.O=c1oc(-c2ccccc2Br)nc2sc3c(c12)CCCC3. The van der Waals surface area contributed by atoms with E-state index in [4.69, 9.17) is 24.9 Å². The summed E-state index contributed by atoms with van der Waals surface area (Å²) in [5.74, 6) is 1.18. The minimum absolute atomic E-state index is 0.211. The molecule has 14 heteroatoms. The zero-order valence-electron chi connectivity index (χ0n) is 30.0. The molecule has 0 radical (unpaired) electrons. The molecule has 2 aliphatic rings. The van der Waals surface area contributed by atoms with E-state index in [-0.39, 0.29) is 16.9 Å². The average Bonchev–Trinajstić information content (AvgIpc) is 3.83. The molecule has 0 saturated carbocycles. The Morgan fingerprint density at radius 2 is 1.15 bits per heavy atom. The first kappa shape index (κ1) is 37.6. The predicted octanol–water partition coefficient (Wildman–Crippen LogP) is 11.2. The molecule has 10 rings (SSSR count). The summed E-state index contributed by atoms with van der Waals surface area (Å²) in [4.78, 5) is 55.6. The van der Waals surface area contributed by atoms with E-state index in [0.717, 1.165) is 78.0 Å². The maximum absolute atomic E-state index is 12.4. The van der Waals surface area contributed by atoms with Crippen molar-refractivity contribution in [2.45, 2.75) is 72.1 Å². The van der Waals surface area contributed by atoms with Crippen LogP contribution in [0.25, 0.3) is 53.6 Å². The topological polar surface area (TPSA) is 129 Å². The molecular formula is C41H33BrClN3O6S3. The number of hydrogen-bond donors (Lipinski definition) is 0. The Morgan fingerprint density at radius 3 is 1.80 bits per heavy atom. The summed E-state index contributed by atoms with van der Waals surface area (Å²) < 4.78 is 16.7. The van der Waals surface area contributed by atoms with Crippen molar-refractivity contribution < 1.29 is 13.3 Å². The molecule has 6 aromatic heterocycles. The van der Waals surface area contributed by atoms with E-state index in [1.165, 1.54) is 51.5 Å². The zero-order chi connectivity index (χ0) is 38.4. The molecule has 55 heavy (non-hydrogen) atoms. The maximum Gasteiger partial charge on any atom is 0.348 e. The first-order valence-electron chi connectivity index (χ1n) is 17.8. The number of fused-ring (bicyclic) bond motifs is 7. The van der Waals surface area contributed by atoms with Gasteiger partial charge in [-0.1, -0.05) is 23.7 Å². The number of thiophene rings is 3. The van der Waals surface area contributed by atoms with Gasteiger partial charge in [0.05, 0.1) is 5.56 Å². The van der Waals surface area contributed by atoms with Gasteiger partial charge in [-0.05, 0) is 134 Å². The van der Waals surface area contributed by atoms with Crippen LogP contribution in [0.5, 0.6) is 0 Å². The van der Waals surface area contributed by atoms with Gasteiger partial charge in [-0.3, -0.25) is 0 Å². The summed E-state index contributed by atoms with van der Waals surface area (Å²) in [7, 11) is 0. The second kappa shape index (κ2) is 15.7. The number of benzene rings is 2. The van der Waals surface area contributed by atoms with E-state index in [0.29, 0.717) is 33.5 Å². The van der Waals surface area contributed by atoms with Crippen molar-refractivity contribution in [3.05, 3.63) is 126 Å². The molecule has 9 nitrogen and oxygen atoms in total. The largest absolute Gasteiger partial charge is 0.408 e. The minimum atomic E-state index is -0.336. The second-order valence-corrected chi connectivity index (χ2v) is 18.0. The fourth-order valence-corrected chi connectivity index (χ4v) is 11.1. The fourth-order valence-electron chi connectivity index (χ4n) is 6.93. The number of hydrogen-bond acceptors (Lipinski definition) is 12. The molecule has 0 N–H and O–H groups in total. The molecule has 2 aromatic carbocycles. The van der Waals surface area contributed by atoms with Gasteiger partial charge in [0.2, 0.25) is 11.8 Å². The van der Waals surface area contributed by atoms with E-state index in [1.54, 1.807) is 53.9 Å². The lowest BCUT2D eigenvalue weighted by Crippen LogP contribution is -2.06. The fraction of sp³-hybridized carbons (Fsp3) is 0.268. The Morgan fingerprint density at radius 1 is 0.618 bits per heavy atom. The lowest BCUT2D eigenvalue weighted by atomic mass is 9.97. The van der Waals surface area contributed by atoms with E-state index in [1.807, 2.05) is 38.1 Å². The van der Waals surface area contributed by atoms with Crippen LogP contribution in [0.4, 0.5) is 0 Å². The zero-order valence-corrected chi connectivity index (χ0v) is 34.8. The van der Waals surface area contributed by atoms with Crippen molar-refractivity contribution >= 4 is 92.2 Å². The number of aryl methyl sites for hydroxylation is 7. The summed E-state index contributed by atoms with van der Waals surface area (Å²) in [6, 6.07) is 14.7. The van der Waals surface area contributed by atoms with Crippen LogP contribution in [-0.4, -0.2) is 15.0 Å². The summed E-state index contributed by atoms with van der Waals surface area (Å²) in [5.41, 5.74) is 4.06. The highest BCUT2D eigenvalue weighted by molar-refractivity contribution is 9.10. The lowest BCUT2D eigenvalue weighted by molar-refractivity contribution is 0.467. The quantitative estimate of drug-likeness (QED) is 0.167. The Bertz CT molecular complexity index is 2920. The normalized spacial score (nSPS) is 13.5. The molecular weight excluding hydrogens is 842 g/mol. The third-order valence-electron chi connectivity index (χ3n) is 9.76. The van der Waals surface area contributed by atoms with Gasteiger partial charge < -0.3 is 13.3 Å². The van der Waals surface area contributed by atoms with E-state index in [2.05, 4.69) is 30.9 Å². The van der Waals surface area contributed by atoms with Crippen molar-refractivity contribution in [3.63, 3.8) is 0 Å². The Hall–Kier alpha value is -4.27. The van der Waals surface area contributed by atoms with Gasteiger partial charge in [-0.2, -0.15) is 0 Å². The van der Waals surface area contributed by atoms with E-state index < -0.39 is 0 Å². The molecule has 0 spiro atoms. The van der Waals surface area contributed by atoms with Crippen molar-refractivity contribution in [1.82, 2.24) is 15.0 Å². The molecule has 280 valence electrons. The van der Waals surface area contributed by atoms with E-state index in [9.17, 15) is 14.4 Å². The Balaban J connectivity index is 0.000000118. The van der Waals surface area contributed by atoms with Gasteiger partial charge in [-0.15, -0.1) is 34.0 Å². The molecule has 0 unspecified atom stereocenters. The lowest BCUT2D eigenvalue weighted by Gasteiger charge is -2.09. The van der Waals surface area contributed by atoms with Gasteiger partial charge in [0.25, 0.3) is 0 Å². The number of nitrogens with zero attached hydrogens (tertiary/aromatic N) is 3. The third kappa shape index (κ3) is 7.52. The van der Waals surface area contributed by atoms with Crippen LogP contribution in [0.1, 0.15) is 62.9 Å². The molecule has 0 amide bonds. The monoisotopic (exact) mass is 873 g/mol. The van der Waals surface area contributed by atoms with Crippen molar-refractivity contribution in [1.29, 1.82) is 0 Å². The first-order valence-corrected chi connectivity index (χ1v) is 21.5. The van der Waals surface area contributed by atoms with Gasteiger partial charge >= 0.3 is 16.9 Å². The Kier molecular flexibility index (Phi) is 10.7. The summed E-state index contributed by atoms with van der Waals surface area (Å²) in [6.07, 6.45) is 8.86. The average molecular weight is 875 g/mol. The highest BCUT2D eigenvalue weighted by atomic mass is 79.9. The molecule has 0 atom stereocenters. The number of aromatic nitrogens is 3. The Labute approximate surface area is 339 Å². The van der Waals surface area contributed by atoms with Crippen LogP contribution in [0.15, 0.2) is 80.6 Å². The summed E-state index contributed by atoms with van der Waals surface area (Å²) in [5, 5.41) is 2.65. The highest BCUT2D eigenvalue weighted by Gasteiger charge is 2.22. The van der Waals surface area contributed by atoms with Gasteiger partial charge in [0.1, 0.15) is 30.6 Å². The van der Waals surface area contributed by atoms with E-state index >= 15 is 0 Å². The standard InChI is InChI=1S/C16H12BrNO2S.C14H10ClNO2S.C11H11NO2S/c17-11-7-3-1-5-9(11)14-18-15-13(16(19)20-14)10-6-2-4-8-12(10)21-15;1-7-8(2)19-13-11(7)14(17)18-12(16-13)9-3-5-10(15)6-4-9;1-6-12-10-9(11(13)14-6)7-4-2-3-5-8(7)15-10/h1,3,5,7H,2,4,6,8H2;3-6H,1-2H3;2-5H2,1H3. The molecule has 8 aromatic rings. The molecule has 0 aliphatic heterocycles. The van der Waals surface area contributed by atoms with Crippen LogP contribution >= 0.6 is 61.5 Å². The molecule has 0 saturated heterocycles. The minimum Gasteiger partial charge on any atom is -0.408 e. The van der Waals surface area contributed by atoms with Crippen molar-refractivity contribution in [2.24, 2.45) is 0 Å². The predicted molar refractivity (Wildman–Crippen MR) is 226 cm³/mol. The van der Waals surface area contributed by atoms with Crippen molar-refractivity contribution in [3.8, 4) is 22.9 Å². The van der Waals surface area contributed by atoms with Crippen LogP contribution in [0.2, 0.25) is 5.02 Å². The molecule has 0 fully saturated rings. The van der Waals surface area contributed by atoms with Gasteiger partial charge in [0.15, 0.2) is 5.89 Å². The van der Waals surface area contributed by atoms with Gasteiger partial charge in [-0.25, -0.2) is 29.3 Å². The maximum atomic E-state index is 12.4. The summed E-state index contributed by atoms with van der Waals surface area (Å²) >= 11 is 14.1. The number of rotatable bonds is 2.